The van der Waals surface area contributed by atoms with Crippen LogP contribution in [0.5, 0.6) is 0 Å². The van der Waals surface area contributed by atoms with Crippen molar-refractivity contribution in [2.45, 2.75) is 71.3 Å². The van der Waals surface area contributed by atoms with Crippen LogP contribution in [-0.2, 0) is 21.5 Å². The molecule has 182 valence electrons. The van der Waals surface area contributed by atoms with E-state index in [1.54, 1.807) is 6.08 Å². The normalized spacial score (nSPS) is 30.9. The number of hydrogen-bond donors (Lipinski definition) is 1. The molecule has 0 unspecified atom stereocenters. The first kappa shape index (κ1) is 22.3. The molecule has 1 aliphatic heterocycles. The summed E-state index contributed by atoms with van der Waals surface area (Å²) >= 11 is 0. The van der Waals surface area contributed by atoms with E-state index < -0.39 is 17.8 Å². The second-order valence-corrected chi connectivity index (χ2v) is 11.3. The largest absolute Gasteiger partial charge is 0.349 e. The van der Waals surface area contributed by atoms with Crippen molar-refractivity contribution < 1.29 is 14.4 Å². The van der Waals surface area contributed by atoms with Crippen LogP contribution in [0, 0.1) is 31.6 Å². The molecule has 1 saturated heterocycles. The Bertz CT molecular complexity index is 1230. The van der Waals surface area contributed by atoms with E-state index in [9.17, 15) is 14.4 Å². The predicted molar refractivity (Wildman–Crippen MR) is 135 cm³/mol. The third-order valence-corrected chi connectivity index (χ3v) is 9.11. The molecule has 0 spiro atoms. The zero-order valence-corrected chi connectivity index (χ0v) is 20.8. The van der Waals surface area contributed by atoms with Crippen molar-refractivity contribution >= 4 is 29.6 Å². The summed E-state index contributed by atoms with van der Waals surface area (Å²) in [4.78, 5) is 39.9. The van der Waals surface area contributed by atoms with Crippen molar-refractivity contribution in [1.29, 1.82) is 0 Å². The number of imide groups is 2. The first-order valence-corrected chi connectivity index (χ1v) is 13.0. The lowest BCUT2D eigenvalue weighted by Gasteiger charge is -2.57. The van der Waals surface area contributed by atoms with Crippen molar-refractivity contribution in [1.82, 2.24) is 9.88 Å². The molecule has 6 nitrogen and oxygen atoms in total. The third kappa shape index (κ3) is 3.48. The second kappa shape index (κ2) is 7.94. The standard InChI is InChI=1S/C29H33N3O3/c1-4-31-17(2)9-22(18(31)3)13-25-26(33)30-28(35)32(27(25)34)24-7-5-23(6-8-24)29-14-19-10-20(15-29)12-21(11-19)16-29/h5-9,13,19-21H,4,10-12,14-16H2,1-3H3,(H,30,33,35)/b25-13+. The highest BCUT2D eigenvalue weighted by Gasteiger charge is 2.51. The minimum Gasteiger partial charge on any atom is -0.349 e. The molecule has 2 aromatic rings. The van der Waals surface area contributed by atoms with E-state index >= 15 is 0 Å². The third-order valence-electron chi connectivity index (χ3n) is 9.11. The number of aromatic nitrogens is 1. The number of carbonyl (C=O) groups is 3. The molecular weight excluding hydrogens is 438 g/mol. The lowest BCUT2D eigenvalue weighted by atomic mass is 9.48. The topological polar surface area (TPSA) is 71.4 Å². The lowest BCUT2D eigenvalue weighted by molar-refractivity contribution is -0.122. The molecule has 1 aromatic carbocycles. The number of anilines is 1. The van der Waals surface area contributed by atoms with Crippen molar-refractivity contribution in [3.8, 4) is 0 Å². The quantitative estimate of drug-likeness (QED) is 0.488. The van der Waals surface area contributed by atoms with Gasteiger partial charge in [-0.05, 0) is 118 Å². The second-order valence-electron chi connectivity index (χ2n) is 11.3. The first-order valence-electron chi connectivity index (χ1n) is 13.0. The van der Waals surface area contributed by atoms with Gasteiger partial charge in [0.05, 0.1) is 5.69 Å². The van der Waals surface area contributed by atoms with Gasteiger partial charge in [0.1, 0.15) is 5.57 Å². The van der Waals surface area contributed by atoms with Gasteiger partial charge in [-0.3, -0.25) is 14.9 Å². The zero-order valence-electron chi connectivity index (χ0n) is 20.8. The maximum absolute atomic E-state index is 13.4. The van der Waals surface area contributed by atoms with Gasteiger partial charge in [0.15, 0.2) is 0 Å². The first-order chi connectivity index (χ1) is 16.8. The van der Waals surface area contributed by atoms with Crippen molar-refractivity contribution in [3.05, 3.63) is 58.4 Å². The van der Waals surface area contributed by atoms with Gasteiger partial charge in [-0.2, -0.15) is 0 Å². The monoisotopic (exact) mass is 471 g/mol. The van der Waals surface area contributed by atoms with Gasteiger partial charge in [0, 0.05) is 17.9 Å². The summed E-state index contributed by atoms with van der Waals surface area (Å²) in [7, 11) is 0. The average molecular weight is 472 g/mol. The van der Waals surface area contributed by atoms with Crippen LogP contribution in [0.25, 0.3) is 6.08 Å². The Hall–Kier alpha value is -3.15. The summed E-state index contributed by atoms with van der Waals surface area (Å²) in [6, 6.07) is 9.24. The molecular formula is C29H33N3O3. The lowest BCUT2D eigenvalue weighted by Crippen LogP contribution is -2.54. The number of nitrogens with zero attached hydrogens (tertiary/aromatic N) is 2. The molecule has 7 rings (SSSR count). The van der Waals surface area contributed by atoms with Crippen LogP contribution in [0.4, 0.5) is 10.5 Å². The van der Waals surface area contributed by atoms with Crippen molar-refractivity contribution in [3.63, 3.8) is 0 Å². The maximum atomic E-state index is 13.4. The highest BCUT2D eigenvalue weighted by atomic mass is 16.2. The van der Waals surface area contributed by atoms with E-state index in [2.05, 4.69) is 28.9 Å². The van der Waals surface area contributed by atoms with Gasteiger partial charge in [0.2, 0.25) is 0 Å². The number of amides is 4. The van der Waals surface area contributed by atoms with Gasteiger partial charge in [-0.25, -0.2) is 9.69 Å². The number of nitrogens with one attached hydrogen (secondary N) is 1. The average Bonchev–Trinajstić information content (AvgIpc) is 3.08. The minimum absolute atomic E-state index is 0.0221. The van der Waals surface area contributed by atoms with Crippen molar-refractivity contribution in [2.75, 3.05) is 4.90 Å². The summed E-state index contributed by atoms with van der Waals surface area (Å²) in [5.41, 5.74) is 4.93. The SMILES string of the molecule is CCn1c(C)cc(/C=C2\C(=O)NC(=O)N(c3ccc(C45CC6CC(CC(C6)C4)C5)cc3)C2=O)c1C. The van der Waals surface area contributed by atoms with E-state index in [4.69, 9.17) is 0 Å². The summed E-state index contributed by atoms with van der Waals surface area (Å²) in [5, 5.41) is 2.36. The molecule has 1 aromatic heterocycles. The van der Waals surface area contributed by atoms with Crippen LogP contribution in [0.1, 0.15) is 68.0 Å². The van der Waals surface area contributed by atoms with Crippen LogP contribution < -0.4 is 10.2 Å². The van der Waals surface area contributed by atoms with E-state index in [1.165, 1.54) is 44.1 Å². The van der Waals surface area contributed by atoms with Crippen LogP contribution >= 0.6 is 0 Å². The van der Waals surface area contributed by atoms with Gasteiger partial charge >= 0.3 is 6.03 Å². The van der Waals surface area contributed by atoms with Gasteiger partial charge in [-0.15, -0.1) is 0 Å². The Balaban J connectivity index is 1.30. The molecule has 1 N–H and O–H groups in total. The molecule has 4 amide bonds. The number of rotatable bonds is 4. The summed E-state index contributed by atoms with van der Waals surface area (Å²) in [6.45, 7) is 6.84. The van der Waals surface area contributed by atoms with Gasteiger partial charge < -0.3 is 4.57 Å². The predicted octanol–water partition coefficient (Wildman–Crippen LogP) is 5.26. The Kier molecular flexibility index (Phi) is 5.06. The van der Waals surface area contributed by atoms with Crippen LogP contribution in [0.3, 0.4) is 0 Å². The Morgan fingerprint density at radius 2 is 1.57 bits per heavy atom. The molecule has 35 heavy (non-hydrogen) atoms. The molecule has 4 aliphatic carbocycles. The van der Waals surface area contributed by atoms with Crippen LogP contribution in [0.15, 0.2) is 35.9 Å². The number of aryl methyl sites for hydroxylation is 1. The Morgan fingerprint density at radius 1 is 0.971 bits per heavy atom. The fourth-order valence-corrected chi connectivity index (χ4v) is 7.94. The number of benzene rings is 1. The van der Waals surface area contributed by atoms with E-state index in [0.717, 1.165) is 46.1 Å². The fraction of sp³-hybridized carbons (Fsp3) is 0.483. The summed E-state index contributed by atoms with van der Waals surface area (Å²) in [6.07, 6.45) is 9.57. The number of carbonyl (C=O) groups excluding carboxylic acids is 3. The van der Waals surface area contributed by atoms with Crippen LogP contribution in [0.2, 0.25) is 0 Å². The highest BCUT2D eigenvalue weighted by Crippen LogP contribution is 2.60. The van der Waals surface area contributed by atoms with Crippen molar-refractivity contribution in [2.24, 2.45) is 17.8 Å². The zero-order chi connectivity index (χ0) is 24.5. The van der Waals surface area contributed by atoms with E-state index in [-0.39, 0.29) is 11.0 Å². The molecule has 0 atom stereocenters. The van der Waals surface area contributed by atoms with E-state index in [1.807, 2.05) is 32.0 Å². The molecule has 0 radical (unpaired) electrons. The molecule has 2 heterocycles. The Morgan fingerprint density at radius 3 is 2.11 bits per heavy atom. The molecule has 6 heteroatoms. The molecule has 4 bridgehead atoms. The molecule has 5 fully saturated rings. The van der Waals surface area contributed by atoms with Gasteiger partial charge in [0.25, 0.3) is 11.8 Å². The van der Waals surface area contributed by atoms with Gasteiger partial charge in [-0.1, -0.05) is 12.1 Å². The molecule has 4 saturated carbocycles. The van der Waals surface area contributed by atoms with E-state index in [0.29, 0.717) is 5.69 Å². The maximum Gasteiger partial charge on any atom is 0.335 e. The summed E-state index contributed by atoms with van der Waals surface area (Å²) < 4.78 is 2.13. The Labute approximate surface area is 206 Å². The fourth-order valence-electron chi connectivity index (χ4n) is 7.94. The molecule has 5 aliphatic rings. The number of barbiturate groups is 1. The highest BCUT2D eigenvalue weighted by molar-refractivity contribution is 6.39. The summed E-state index contributed by atoms with van der Waals surface area (Å²) in [5.74, 6) is 1.32. The van der Waals surface area contributed by atoms with Crippen LogP contribution in [-0.4, -0.2) is 22.4 Å². The number of urea groups is 1. The number of hydrogen-bond acceptors (Lipinski definition) is 3. The smallest absolute Gasteiger partial charge is 0.335 e. The minimum atomic E-state index is -0.696.